The summed E-state index contributed by atoms with van der Waals surface area (Å²) < 4.78 is 0. The number of benzene rings is 1. The Hall–Kier alpha value is -2.08. The van der Waals surface area contributed by atoms with Crippen LogP contribution in [0.25, 0.3) is 0 Å². The Morgan fingerprint density at radius 1 is 1.14 bits per heavy atom. The number of carbonyl (C=O) groups is 3. The highest BCUT2D eigenvalue weighted by molar-refractivity contribution is 6.31. The predicted octanol–water partition coefficient (Wildman–Crippen LogP) is 0.243. The van der Waals surface area contributed by atoms with Crippen molar-refractivity contribution in [1.82, 2.24) is 4.90 Å². The third kappa shape index (κ3) is 3.72. The van der Waals surface area contributed by atoms with Crippen molar-refractivity contribution in [3.63, 3.8) is 0 Å². The lowest BCUT2D eigenvalue weighted by Gasteiger charge is -2.19. The molecular formula is C14H16ClN3O3. The van der Waals surface area contributed by atoms with E-state index in [1.807, 2.05) is 18.2 Å². The standard InChI is InChI=1S/C14H16ClN3O3/c15-11-4-2-1-3-8(11)9-5-10(9)14(21)18(6-12(16)19)7-13(17)20/h1-4,9-10H,5-7H2,(H2,16,19)(H2,17,20). The van der Waals surface area contributed by atoms with E-state index in [-0.39, 0.29) is 30.8 Å². The Balaban J connectivity index is 2.08. The molecule has 1 aliphatic carbocycles. The van der Waals surface area contributed by atoms with Crippen molar-refractivity contribution < 1.29 is 14.4 Å². The minimum atomic E-state index is -0.681. The van der Waals surface area contributed by atoms with Gasteiger partial charge in [-0.05, 0) is 24.0 Å². The largest absolute Gasteiger partial charge is 0.368 e. The highest BCUT2D eigenvalue weighted by Crippen LogP contribution is 2.50. The summed E-state index contributed by atoms with van der Waals surface area (Å²) in [5, 5.41) is 0.606. The molecule has 2 atom stereocenters. The quantitative estimate of drug-likeness (QED) is 0.786. The predicted molar refractivity (Wildman–Crippen MR) is 77.3 cm³/mol. The van der Waals surface area contributed by atoms with Crippen LogP contribution in [0.2, 0.25) is 5.02 Å². The van der Waals surface area contributed by atoms with Crippen molar-refractivity contribution >= 4 is 29.3 Å². The number of amides is 3. The number of nitrogens with zero attached hydrogens (tertiary/aromatic N) is 1. The topological polar surface area (TPSA) is 106 Å². The minimum Gasteiger partial charge on any atom is -0.368 e. The fourth-order valence-electron chi connectivity index (χ4n) is 2.41. The summed E-state index contributed by atoms with van der Waals surface area (Å²) in [6.07, 6.45) is 0.636. The Labute approximate surface area is 127 Å². The molecule has 0 saturated heterocycles. The van der Waals surface area contributed by atoms with E-state index in [0.717, 1.165) is 10.5 Å². The molecule has 0 spiro atoms. The van der Waals surface area contributed by atoms with Gasteiger partial charge in [-0.2, -0.15) is 0 Å². The molecule has 21 heavy (non-hydrogen) atoms. The summed E-state index contributed by atoms with van der Waals surface area (Å²) in [7, 11) is 0. The normalized spacial score (nSPS) is 19.9. The molecule has 1 aromatic rings. The summed E-state index contributed by atoms with van der Waals surface area (Å²) in [6, 6.07) is 7.30. The van der Waals surface area contributed by atoms with Crippen LogP contribution in [0.5, 0.6) is 0 Å². The zero-order chi connectivity index (χ0) is 15.6. The Morgan fingerprint density at radius 2 is 1.71 bits per heavy atom. The number of hydrogen-bond acceptors (Lipinski definition) is 3. The Kier molecular flexibility index (Phi) is 4.47. The average Bonchev–Trinajstić information content (AvgIpc) is 3.16. The Bertz CT molecular complexity index is 575. The second-order valence-corrected chi connectivity index (χ2v) is 5.50. The number of primary amides is 2. The number of nitrogens with two attached hydrogens (primary N) is 2. The van der Waals surface area contributed by atoms with Gasteiger partial charge in [-0.3, -0.25) is 14.4 Å². The molecule has 4 N–H and O–H groups in total. The van der Waals surface area contributed by atoms with Crippen molar-refractivity contribution in [2.75, 3.05) is 13.1 Å². The van der Waals surface area contributed by atoms with Crippen LogP contribution in [-0.2, 0) is 14.4 Å². The van der Waals surface area contributed by atoms with Gasteiger partial charge in [-0.15, -0.1) is 0 Å². The Morgan fingerprint density at radius 3 is 2.24 bits per heavy atom. The molecule has 1 aliphatic rings. The van der Waals surface area contributed by atoms with E-state index in [0.29, 0.717) is 11.4 Å². The number of halogens is 1. The summed E-state index contributed by atoms with van der Waals surface area (Å²) in [4.78, 5) is 35.4. The first kappa shape index (κ1) is 15.3. The summed E-state index contributed by atoms with van der Waals surface area (Å²) in [6.45, 7) is -0.624. The third-order valence-electron chi connectivity index (χ3n) is 3.42. The molecule has 1 aromatic carbocycles. The molecule has 3 amide bonds. The molecule has 0 aromatic heterocycles. The van der Waals surface area contributed by atoms with Crippen LogP contribution in [-0.4, -0.2) is 35.7 Å². The maximum absolute atomic E-state index is 12.3. The van der Waals surface area contributed by atoms with Crippen LogP contribution >= 0.6 is 11.6 Å². The lowest BCUT2D eigenvalue weighted by molar-refractivity contribution is -0.139. The number of carbonyl (C=O) groups excluding carboxylic acids is 3. The first-order valence-corrected chi connectivity index (χ1v) is 6.87. The van der Waals surface area contributed by atoms with E-state index in [1.54, 1.807) is 6.07 Å². The fourth-order valence-corrected chi connectivity index (χ4v) is 2.69. The van der Waals surface area contributed by atoms with Crippen LogP contribution in [0.4, 0.5) is 0 Å². The van der Waals surface area contributed by atoms with Gasteiger partial charge in [-0.25, -0.2) is 0 Å². The van der Waals surface area contributed by atoms with Crippen LogP contribution in [0.1, 0.15) is 17.9 Å². The van der Waals surface area contributed by atoms with Gasteiger partial charge in [0.15, 0.2) is 0 Å². The molecule has 0 heterocycles. The number of rotatable bonds is 6. The molecule has 2 unspecified atom stereocenters. The minimum absolute atomic E-state index is 0.00875. The van der Waals surface area contributed by atoms with E-state index >= 15 is 0 Å². The molecule has 6 nitrogen and oxygen atoms in total. The molecule has 2 rings (SSSR count). The lowest BCUT2D eigenvalue weighted by Crippen LogP contribution is -2.44. The highest BCUT2D eigenvalue weighted by Gasteiger charge is 2.46. The van der Waals surface area contributed by atoms with E-state index in [2.05, 4.69) is 0 Å². The highest BCUT2D eigenvalue weighted by atomic mass is 35.5. The van der Waals surface area contributed by atoms with Gasteiger partial charge in [0.05, 0.1) is 13.1 Å². The molecule has 1 saturated carbocycles. The second kappa shape index (κ2) is 6.13. The zero-order valence-corrected chi connectivity index (χ0v) is 12.0. The monoisotopic (exact) mass is 309 g/mol. The second-order valence-electron chi connectivity index (χ2n) is 5.10. The van der Waals surface area contributed by atoms with E-state index in [4.69, 9.17) is 23.1 Å². The van der Waals surface area contributed by atoms with Gasteiger partial charge >= 0.3 is 0 Å². The van der Waals surface area contributed by atoms with Gasteiger partial charge in [-0.1, -0.05) is 29.8 Å². The molecule has 0 radical (unpaired) electrons. The van der Waals surface area contributed by atoms with Gasteiger partial charge in [0.1, 0.15) is 0 Å². The van der Waals surface area contributed by atoms with Crippen molar-refractivity contribution in [2.24, 2.45) is 17.4 Å². The van der Waals surface area contributed by atoms with Gasteiger partial charge in [0.2, 0.25) is 17.7 Å². The van der Waals surface area contributed by atoms with Gasteiger partial charge in [0, 0.05) is 10.9 Å². The van der Waals surface area contributed by atoms with Crippen molar-refractivity contribution in [3.8, 4) is 0 Å². The van der Waals surface area contributed by atoms with Gasteiger partial charge < -0.3 is 16.4 Å². The van der Waals surface area contributed by atoms with Crippen LogP contribution < -0.4 is 11.5 Å². The van der Waals surface area contributed by atoms with Crippen molar-refractivity contribution in [2.45, 2.75) is 12.3 Å². The summed E-state index contributed by atoms with van der Waals surface area (Å²) in [5.74, 6) is -1.94. The first-order chi connectivity index (χ1) is 9.90. The summed E-state index contributed by atoms with van der Waals surface area (Å²) >= 11 is 6.10. The zero-order valence-electron chi connectivity index (χ0n) is 11.3. The molecule has 7 heteroatoms. The maximum Gasteiger partial charge on any atom is 0.237 e. The van der Waals surface area contributed by atoms with Crippen LogP contribution in [0.3, 0.4) is 0 Å². The van der Waals surface area contributed by atoms with Crippen molar-refractivity contribution in [1.29, 1.82) is 0 Å². The van der Waals surface area contributed by atoms with E-state index in [1.165, 1.54) is 0 Å². The lowest BCUT2D eigenvalue weighted by atomic mass is 10.1. The fraction of sp³-hybridized carbons (Fsp3) is 0.357. The molecular weight excluding hydrogens is 294 g/mol. The van der Waals surface area contributed by atoms with Crippen LogP contribution in [0, 0.1) is 5.92 Å². The average molecular weight is 310 g/mol. The molecule has 0 bridgehead atoms. The first-order valence-electron chi connectivity index (χ1n) is 6.50. The molecule has 112 valence electrons. The number of hydrogen-bond donors (Lipinski definition) is 2. The van der Waals surface area contributed by atoms with E-state index < -0.39 is 11.8 Å². The molecule has 0 aliphatic heterocycles. The molecule has 1 fully saturated rings. The van der Waals surface area contributed by atoms with Crippen LogP contribution in [0.15, 0.2) is 24.3 Å². The van der Waals surface area contributed by atoms with Gasteiger partial charge in [0.25, 0.3) is 0 Å². The SMILES string of the molecule is NC(=O)CN(CC(N)=O)C(=O)C1CC1c1ccccc1Cl. The summed E-state index contributed by atoms with van der Waals surface area (Å²) in [5.41, 5.74) is 11.1. The smallest absolute Gasteiger partial charge is 0.237 e. The third-order valence-corrected chi connectivity index (χ3v) is 3.76. The van der Waals surface area contributed by atoms with E-state index in [9.17, 15) is 14.4 Å². The van der Waals surface area contributed by atoms with Crippen molar-refractivity contribution in [3.05, 3.63) is 34.9 Å². The maximum atomic E-state index is 12.3.